The number of methoxy groups -OCH3 is 1. The Morgan fingerprint density at radius 3 is 2.79 bits per heavy atom. The van der Waals surface area contributed by atoms with Gasteiger partial charge in [-0.1, -0.05) is 0 Å². The normalized spacial score (nSPS) is 26.9. The Hall–Kier alpha value is -1.10. The molecule has 14 heavy (non-hydrogen) atoms. The van der Waals surface area contributed by atoms with Crippen LogP contribution in [0.2, 0.25) is 0 Å². The number of carbonyl (C=O) groups excluding carboxylic acids is 1. The molecule has 5 heteroatoms. The van der Waals surface area contributed by atoms with E-state index in [9.17, 15) is 4.79 Å². The molecule has 0 aromatic carbocycles. The zero-order valence-corrected chi connectivity index (χ0v) is 8.51. The lowest BCUT2D eigenvalue weighted by Gasteiger charge is -2.39. The van der Waals surface area contributed by atoms with Crippen molar-refractivity contribution in [3.63, 3.8) is 0 Å². The van der Waals surface area contributed by atoms with Crippen LogP contribution in [0.3, 0.4) is 0 Å². The molecular formula is C9H15N3O2. The first kappa shape index (κ1) is 9.45. The van der Waals surface area contributed by atoms with E-state index in [1.54, 1.807) is 23.2 Å². The molecule has 0 spiro atoms. The third-order valence-electron chi connectivity index (χ3n) is 2.72. The molecule has 0 aromatic rings. The highest BCUT2D eigenvalue weighted by Crippen LogP contribution is 2.18. The van der Waals surface area contributed by atoms with Crippen LogP contribution in [-0.2, 0) is 4.74 Å². The number of hydrogen-bond acceptors (Lipinski definition) is 3. The fraction of sp³-hybridized carbons (Fsp3) is 0.778. The van der Waals surface area contributed by atoms with Crippen LogP contribution in [0, 0.1) is 0 Å². The van der Waals surface area contributed by atoms with Crippen LogP contribution in [0.4, 0.5) is 4.79 Å². The Kier molecular flexibility index (Phi) is 2.41. The molecule has 0 aromatic heterocycles. The van der Waals surface area contributed by atoms with Gasteiger partial charge in [-0.05, 0) is 6.92 Å². The predicted octanol–water partition coefficient (Wildman–Crippen LogP) is 0.517. The Bertz CT molecular complexity index is 261. The molecule has 1 fully saturated rings. The molecule has 0 radical (unpaired) electrons. The Labute approximate surface area is 83.3 Å². The Balaban J connectivity index is 1.87. The number of likely N-dealkylation sites (tertiary alicyclic amines) is 1. The first-order chi connectivity index (χ1) is 6.72. The summed E-state index contributed by atoms with van der Waals surface area (Å²) < 4.78 is 5.11. The largest absolute Gasteiger partial charge is 0.378 e. The Morgan fingerprint density at radius 1 is 1.57 bits per heavy atom. The smallest absolute Gasteiger partial charge is 0.340 e. The number of nitrogens with zero attached hydrogens (tertiary/aromatic N) is 3. The molecule has 2 heterocycles. The van der Waals surface area contributed by atoms with Gasteiger partial charge < -0.3 is 9.64 Å². The lowest BCUT2D eigenvalue weighted by Crippen LogP contribution is -2.58. The summed E-state index contributed by atoms with van der Waals surface area (Å²) in [5, 5.41) is 5.59. The summed E-state index contributed by atoms with van der Waals surface area (Å²) in [7, 11) is 1.67. The van der Waals surface area contributed by atoms with E-state index in [1.807, 2.05) is 6.92 Å². The number of hydrogen-bond donors (Lipinski definition) is 0. The highest BCUT2D eigenvalue weighted by molar-refractivity contribution is 5.78. The van der Waals surface area contributed by atoms with E-state index >= 15 is 0 Å². The van der Waals surface area contributed by atoms with E-state index in [0.717, 1.165) is 6.42 Å². The number of rotatable bonds is 1. The summed E-state index contributed by atoms with van der Waals surface area (Å²) in [6.45, 7) is 3.38. The van der Waals surface area contributed by atoms with E-state index in [1.165, 1.54) is 0 Å². The summed E-state index contributed by atoms with van der Waals surface area (Å²) in [5.74, 6) is 0. The van der Waals surface area contributed by atoms with Crippen molar-refractivity contribution in [3.8, 4) is 0 Å². The summed E-state index contributed by atoms with van der Waals surface area (Å²) in [6.07, 6.45) is 2.85. The van der Waals surface area contributed by atoms with Crippen molar-refractivity contribution in [2.24, 2.45) is 5.10 Å². The van der Waals surface area contributed by atoms with Crippen molar-refractivity contribution in [2.75, 3.05) is 20.2 Å². The van der Waals surface area contributed by atoms with Crippen molar-refractivity contribution < 1.29 is 9.53 Å². The molecule has 2 rings (SSSR count). The van der Waals surface area contributed by atoms with Crippen LogP contribution in [-0.4, -0.2) is 54.5 Å². The fourth-order valence-corrected chi connectivity index (χ4v) is 1.63. The van der Waals surface area contributed by atoms with E-state index in [4.69, 9.17) is 4.74 Å². The van der Waals surface area contributed by atoms with Crippen LogP contribution in [0.1, 0.15) is 13.3 Å². The molecule has 78 valence electrons. The third kappa shape index (κ3) is 1.48. The molecule has 2 aliphatic heterocycles. The topological polar surface area (TPSA) is 45.1 Å². The van der Waals surface area contributed by atoms with Gasteiger partial charge in [0.05, 0.1) is 25.2 Å². The lowest BCUT2D eigenvalue weighted by atomic mass is 10.2. The zero-order valence-electron chi connectivity index (χ0n) is 8.51. The quantitative estimate of drug-likeness (QED) is 0.615. The molecule has 0 N–H and O–H groups in total. The maximum atomic E-state index is 11.8. The SMILES string of the molecule is COC1CN(C(=O)N2N=CCC2C)C1. The second-order valence-corrected chi connectivity index (χ2v) is 3.77. The minimum absolute atomic E-state index is 0.000417. The van der Waals surface area contributed by atoms with Crippen molar-refractivity contribution >= 4 is 12.2 Å². The highest BCUT2D eigenvalue weighted by Gasteiger charge is 2.35. The van der Waals surface area contributed by atoms with Gasteiger partial charge in [-0.25, -0.2) is 9.80 Å². The number of urea groups is 1. The minimum Gasteiger partial charge on any atom is -0.378 e. The maximum Gasteiger partial charge on any atom is 0.340 e. The number of amides is 2. The first-order valence-electron chi connectivity index (χ1n) is 4.85. The van der Waals surface area contributed by atoms with Gasteiger partial charge in [0, 0.05) is 19.7 Å². The van der Waals surface area contributed by atoms with Crippen molar-refractivity contribution in [1.82, 2.24) is 9.91 Å². The summed E-state index contributed by atoms with van der Waals surface area (Å²) in [5.41, 5.74) is 0. The average molecular weight is 197 g/mol. The van der Waals surface area contributed by atoms with Gasteiger partial charge in [-0.2, -0.15) is 5.10 Å². The van der Waals surface area contributed by atoms with E-state index in [-0.39, 0.29) is 18.2 Å². The van der Waals surface area contributed by atoms with Gasteiger partial charge in [-0.3, -0.25) is 0 Å². The molecule has 0 bridgehead atoms. The van der Waals surface area contributed by atoms with Gasteiger partial charge in [-0.15, -0.1) is 0 Å². The first-order valence-corrected chi connectivity index (χ1v) is 4.85. The van der Waals surface area contributed by atoms with Crippen LogP contribution in [0.15, 0.2) is 5.10 Å². The summed E-state index contributed by atoms with van der Waals surface area (Å²) >= 11 is 0. The number of ether oxygens (including phenoxy) is 1. The van der Waals surface area contributed by atoms with Gasteiger partial charge in [0.25, 0.3) is 0 Å². The van der Waals surface area contributed by atoms with Gasteiger partial charge in [0.1, 0.15) is 0 Å². The van der Waals surface area contributed by atoms with E-state index < -0.39 is 0 Å². The zero-order chi connectivity index (χ0) is 10.1. The highest BCUT2D eigenvalue weighted by atomic mass is 16.5. The summed E-state index contributed by atoms with van der Waals surface area (Å²) in [4.78, 5) is 13.5. The predicted molar refractivity (Wildman–Crippen MR) is 52.2 cm³/mol. The van der Waals surface area contributed by atoms with Crippen LogP contribution in [0.25, 0.3) is 0 Å². The second-order valence-electron chi connectivity index (χ2n) is 3.77. The third-order valence-corrected chi connectivity index (χ3v) is 2.72. The molecule has 1 atom stereocenters. The van der Waals surface area contributed by atoms with Gasteiger partial charge in [0.15, 0.2) is 0 Å². The molecule has 5 nitrogen and oxygen atoms in total. The van der Waals surface area contributed by atoms with E-state index in [0.29, 0.717) is 13.1 Å². The van der Waals surface area contributed by atoms with Crippen molar-refractivity contribution in [3.05, 3.63) is 0 Å². The number of carbonyl (C=O) groups is 1. The maximum absolute atomic E-state index is 11.8. The Morgan fingerprint density at radius 2 is 2.29 bits per heavy atom. The van der Waals surface area contributed by atoms with Gasteiger partial charge in [0.2, 0.25) is 0 Å². The monoisotopic (exact) mass is 197 g/mol. The molecule has 2 amide bonds. The van der Waals surface area contributed by atoms with Crippen LogP contribution in [0.5, 0.6) is 0 Å². The summed E-state index contributed by atoms with van der Waals surface area (Å²) in [6, 6.07) is 0.198. The van der Waals surface area contributed by atoms with Crippen molar-refractivity contribution in [2.45, 2.75) is 25.5 Å². The van der Waals surface area contributed by atoms with Crippen molar-refractivity contribution in [1.29, 1.82) is 0 Å². The molecular weight excluding hydrogens is 182 g/mol. The van der Waals surface area contributed by atoms with Crippen LogP contribution >= 0.6 is 0 Å². The molecule has 1 saturated heterocycles. The molecule has 0 saturated carbocycles. The standard InChI is InChI=1S/C9H15N3O2/c1-7-3-4-10-12(7)9(13)11-5-8(6-11)14-2/h4,7-8H,3,5-6H2,1-2H3. The van der Waals surface area contributed by atoms with Gasteiger partial charge >= 0.3 is 6.03 Å². The lowest BCUT2D eigenvalue weighted by molar-refractivity contribution is -0.0167. The van der Waals surface area contributed by atoms with E-state index in [2.05, 4.69) is 5.10 Å². The molecule has 1 unspecified atom stereocenters. The fourth-order valence-electron chi connectivity index (χ4n) is 1.63. The molecule has 2 aliphatic rings. The number of hydrazone groups is 1. The minimum atomic E-state index is -0.000417. The average Bonchev–Trinajstić information content (AvgIpc) is 2.49. The second kappa shape index (κ2) is 3.57. The van der Waals surface area contributed by atoms with Crippen LogP contribution < -0.4 is 0 Å². The molecule has 0 aliphatic carbocycles.